The molecule has 0 atom stereocenters. The largest absolute Gasteiger partial charge is 0.300 e. The van der Waals surface area contributed by atoms with Crippen molar-refractivity contribution >= 4 is 22.8 Å². The lowest BCUT2D eigenvalue weighted by atomic mass is 10.0. The van der Waals surface area contributed by atoms with Gasteiger partial charge in [-0.15, -0.1) is 6.42 Å². The Morgan fingerprint density at radius 3 is 2.58 bits per heavy atom. The molecular weight excluding hydrogens is 318 g/mol. The minimum atomic E-state index is 0. The maximum absolute atomic E-state index is 11.1. The fourth-order valence-corrected chi connectivity index (χ4v) is 2.77. The molecule has 0 bridgehead atoms. The monoisotopic (exact) mass is 342 g/mol. The second-order valence-electron chi connectivity index (χ2n) is 6.14. The van der Waals surface area contributed by atoms with Gasteiger partial charge in [-0.1, -0.05) is 60.0 Å². The quantitative estimate of drug-likeness (QED) is 0.480. The molecular formula is C24H24NO. The molecule has 0 saturated heterocycles. The summed E-state index contributed by atoms with van der Waals surface area (Å²) in [5.41, 5.74) is 4.23. The highest BCUT2D eigenvalue weighted by Crippen LogP contribution is 2.18. The molecule has 0 aromatic heterocycles. The molecule has 131 valence electrons. The van der Waals surface area contributed by atoms with Crippen LogP contribution in [0.15, 0.2) is 65.7 Å². The standard InChI is InChI=1S/C13H12O.C11H11N.H/c1-10(14)9-12-7-4-6-11-5-2-3-8-13(11)12;1-4-10-6-5-9(2)7-11(10)8-12-3;/h2-8H,9H2,1H3;1,5-8H,2-3H3;. The van der Waals surface area contributed by atoms with Gasteiger partial charge in [0.2, 0.25) is 0 Å². The number of hydrogen-bond donors (Lipinski definition) is 0. The first-order chi connectivity index (χ1) is 12.5. The lowest BCUT2D eigenvalue weighted by Crippen LogP contribution is -1.96. The number of aryl methyl sites for hydroxylation is 1. The molecule has 26 heavy (non-hydrogen) atoms. The summed E-state index contributed by atoms with van der Waals surface area (Å²) in [6, 6.07) is 20.2. The highest BCUT2D eigenvalue weighted by molar-refractivity contribution is 5.90. The van der Waals surface area contributed by atoms with Crippen molar-refractivity contribution in [1.29, 1.82) is 0 Å². The van der Waals surface area contributed by atoms with E-state index in [-0.39, 0.29) is 7.21 Å². The normalized spacial score (nSPS) is 10.2. The number of rotatable bonds is 3. The van der Waals surface area contributed by atoms with Crippen LogP contribution in [0.3, 0.4) is 0 Å². The van der Waals surface area contributed by atoms with Crippen LogP contribution < -0.4 is 0 Å². The Morgan fingerprint density at radius 2 is 1.88 bits per heavy atom. The number of carbonyl (C=O) groups is 1. The van der Waals surface area contributed by atoms with Crippen LogP contribution in [0.1, 0.15) is 30.6 Å². The number of Topliss-reactive ketones (excluding diaryl/α,β-unsaturated/α-hetero) is 1. The van der Waals surface area contributed by atoms with E-state index < -0.39 is 0 Å². The summed E-state index contributed by atoms with van der Waals surface area (Å²) in [6.45, 7) is 3.66. The Labute approximate surface area is 157 Å². The maximum Gasteiger partial charge on any atom is 0.134 e. The Hall–Kier alpha value is -3.18. The van der Waals surface area contributed by atoms with Gasteiger partial charge in [-0.25, -0.2) is 0 Å². The molecule has 0 saturated carbocycles. The van der Waals surface area contributed by atoms with Crippen LogP contribution in [0.5, 0.6) is 0 Å². The van der Waals surface area contributed by atoms with Crippen LogP contribution >= 0.6 is 0 Å². The van der Waals surface area contributed by atoms with E-state index in [1.54, 1.807) is 20.2 Å². The Balaban J connectivity index is 0.000000264. The van der Waals surface area contributed by atoms with E-state index in [4.69, 9.17) is 6.42 Å². The molecule has 1 radical (unpaired) electrons. The molecule has 0 aliphatic carbocycles. The number of benzene rings is 3. The molecule has 0 heterocycles. The van der Waals surface area contributed by atoms with Crippen LogP contribution in [0, 0.1) is 19.3 Å². The molecule has 2 nitrogen and oxygen atoms in total. The first-order valence-corrected chi connectivity index (χ1v) is 8.50. The third-order valence-corrected chi connectivity index (χ3v) is 3.95. The van der Waals surface area contributed by atoms with E-state index in [1.807, 2.05) is 49.4 Å². The van der Waals surface area contributed by atoms with E-state index in [2.05, 4.69) is 29.1 Å². The lowest BCUT2D eigenvalue weighted by Gasteiger charge is -2.03. The molecule has 2 heteroatoms. The number of nitrogens with zero attached hydrogens (tertiary/aromatic N) is 1. The van der Waals surface area contributed by atoms with Gasteiger partial charge in [0.1, 0.15) is 5.78 Å². The number of hydrogen-bond acceptors (Lipinski definition) is 2. The second-order valence-corrected chi connectivity index (χ2v) is 6.14. The van der Waals surface area contributed by atoms with Crippen molar-refractivity contribution in [3.05, 3.63) is 82.9 Å². The second kappa shape index (κ2) is 9.34. The van der Waals surface area contributed by atoms with Crippen LogP contribution in [-0.2, 0) is 11.2 Å². The van der Waals surface area contributed by atoms with Gasteiger partial charge in [-0.2, -0.15) is 0 Å². The summed E-state index contributed by atoms with van der Waals surface area (Å²) in [7, 11) is 1.74. The zero-order valence-electron chi connectivity index (χ0n) is 16.5. The van der Waals surface area contributed by atoms with E-state index in [0.29, 0.717) is 6.42 Å². The van der Waals surface area contributed by atoms with Crippen molar-refractivity contribution in [3.8, 4) is 12.3 Å². The molecule has 3 rings (SSSR count). The van der Waals surface area contributed by atoms with Crippen LogP contribution in [-0.4, -0.2) is 19.0 Å². The third kappa shape index (κ3) is 5.16. The van der Waals surface area contributed by atoms with Gasteiger partial charge in [0.05, 0.1) is 0 Å². The van der Waals surface area contributed by atoms with Gasteiger partial charge in [0, 0.05) is 32.2 Å². The van der Waals surface area contributed by atoms with Crippen molar-refractivity contribution in [2.45, 2.75) is 20.3 Å². The number of carbonyl (C=O) groups excluding carboxylic acids is 1. The molecule has 3 aromatic rings. The smallest absolute Gasteiger partial charge is 0.134 e. The summed E-state index contributed by atoms with van der Waals surface area (Å²) in [5, 5.41) is 2.39. The Kier molecular flexibility index (Phi) is 6.88. The predicted octanol–water partition coefficient (Wildman–Crippen LogP) is 5.11. The van der Waals surface area contributed by atoms with Crippen LogP contribution in [0.4, 0.5) is 0 Å². The van der Waals surface area contributed by atoms with Crippen molar-refractivity contribution in [3.63, 3.8) is 0 Å². The number of aliphatic imine (C=N–C) groups is 1. The van der Waals surface area contributed by atoms with Gasteiger partial charge < -0.3 is 0 Å². The molecule has 0 aliphatic heterocycles. The van der Waals surface area contributed by atoms with Gasteiger partial charge in [0.15, 0.2) is 0 Å². The molecule has 3 aromatic carbocycles. The molecule has 0 spiro atoms. The minimum absolute atomic E-state index is 0. The zero-order valence-corrected chi connectivity index (χ0v) is 15.5. The summed E-state index contributed by atoms with van der Waals surface area (Å²) in [4.78, 5) is 15.0. The first kappa shape index (κ1) is 19.1. The average Bonchev–Trinajstić information content (AvgIpc) is 2.63. The topological polar surface area (TPSA) is 29.4 Å². The zero-order chi connectivity index (χ0) is 18.9. The summed E-state index contributed by atoms with van der Waals surface area (Å²) in [6.07, 6.45) is 7.63. The number of fused-ring (bicyclic) bond motifs is 1. The molecule has 0 amide bonds. The molecule has 0 aliphatic rings. The fourth-order valence-electron chi connectivity index (χ4n) is 2.77. The van der Waals surface area contributed by atoms with Gasteiger partial charge in [-0.3, -0.25) is 9.79 Å². The van der Waals surface area contributed by atoms with Crippen molar-refractivity contribution < 1.29 is 6.22 Å². The van der Waals surface area contributed by atoms with Crippen molar-refractivity contribution in [1.82, 2.24) is 0 Å². The minimum Gasteiger partial charge on any atom is -0.300 e. The van der Waals surface area contributed by atoms with E-state index in [9.17, 15) is 4.79 Å². The molecule has 0 fully saturated rings. The van der Waals surface area contributed by atoms with Gasteiger partial charge in [0.25, 0.3) is 0 Å². The maximum atomic E-state index is 11.1. The highest BCUT2D eigenvalue weighted by Gasteiger charge is 2.01. The number of terminal acetylenes is 1. The van der Waals surface area contributed by atoms with E-state index >= 15 is 0 Å². The Bertz CT molecular complexity index is 978. The predicted molar refractivity (Wildman–Crippen MR) is 112 cm³/mol. The fraction of sp³-hybridized carbons (Fsp3) is 0.167. The number of ketones is 1. The summed E-state index contributed by atoms with van der Waals surface area (Å²) < 4.78 is 0. The van der Waals surface area contributed by atoms with Gasteiger partial charge >= 0.3 is 0 Å². The molecule has 0 N–H and O–H groups in total. The lowest BCUT2D eigenvalue weighted by molar-refractivity contribution is -0.116. The first-order valence-electron chi connectivity index (χ1n) is 8.50. The van der Waals surface area contributed by atoms with Crippen LogP contribution in [0.25, 0.3) is 10.8 Å². The highest BCUT2D eigenvalue weighted by atomic mass is 16.1. The van der Waals surface area contributed by atoms with Crippen molar-refractivity contribution in [2.24, 2.45) is 4.99 Å². The van der Waals surface area contributed by atoms with E-state index in [0.717, 1.165) is 16.7 Å². The Morgan fingerprint density at radius 1 is 1.15 bits per heavy atom. The SMILES string of the molecule is C#Cc1ccc(C)cc1C=NC.CC(=O)Cc1cccc2ccccc12.[H]. The van der Waals surface area contributed by atoms with E-state index in [1.165, 1.54) is 16.3 Å². The van der Waals surface area contributed by atoms with Crippen molar-refractivity contribution in [2.75, 3.05) is 7.05 Å². The average molecular weight is 342 g/mol. The molecule has 0 unspecified atom stereocenters. The summed E-state index contributed by atoms with van der Waals surface area (Å²) in [5.74, 6) is 2.83. The summed E-state index contributed by atoms with van der Waals surface area (Å²) >= 11 is 0. The van der Waals surface area contributed by atoms with Crippen LogP contribution in [0.2, 0.25) is 0 Å². The third-order valence-electron chi connectivity index (χ3n) is 3.95. The van der Waals surface area contributed by atoms with Gasteiger partial charge in [-0.05, 0) is 42.3 Å².